The molecular weight excluding hydrogens is 230 g/mol. The van der Waals surface area contributed by atoms with Crippen molar-refractivity contribution < 1.29 is 0 Å². The molecule has 1 heteroatoms. The van der Waals surface area contributed by atoms with Crippen molar-refractivity contribution in [1.29, 1.82) is 0 Å². The Labute approximate surface area is 116 Å². The Balaban J connectivity index is 2.12. The van der Waals surface area contributed by atoms with Crippen molar-refractivity contribution in [3.05, 3.63) is 64.7 Å². The molecule has 2 rings (SSSR count). The second-order valence-corrected chi connectivity index (χ2v) is 5.50. The van der Waals surface area contributed by atoms with Crippen LogP contribution in [0.2, 0.25) is 0 Å². The Morgan fingerprint density at radius 2 is 1.58 bits per heavy atom. The first-order valence-electron chi connectivity index (χ1n) is 6.97. The van der Waals surface area contributed by atoms with E-state index in [1.54, 1.807) is 0 Å². The zero-order chi connectivity index (χ0) is 13.8. The van der Waals surface area contributed by atoms with Crippen molar-refractivity contribution >= 4 is 5.69 Å². The molecule has 0 amide bonds. The summed E-state index contributed by atoms with van der Waals surface area (Å²) in [5.74, 6) is 0.571. The fourth-order valence-corrected chi connectivity index (χ4v) is 2.33. The molecule has 0 saturated heterocycles. The summed E-state index contributed by atoms with van der Waals surface area (Å²) in [5, 5.41) is 3.54. The van der Waals surface area contributed by atoms with E-state index in [0.717, 1.165) is 6.54 Å². The average Bonchev–Trinajstić information content (AvgIpc) is 2.38. The van der Waals surface area contributed by atoms with Crippen molar-refractivity contribution in [3.63, 3.8) is 0 Å². The van der Waals surface area contributed by atoms with Crippen LogP contribution in [0.25, 0.3) is 0 Å². The van der Waals surface area contributed by atoms with Gasteiger partial charge in [-0.25, -0.2) is 0 Å². The molecule has 0 atom stereocenters. The molecule has 1 N–H and O–H groups in total. The van der Waals surface area contributed by atoms with Gasteiger partial charge in [-0.05, 0) is 54.2 Å². The minimum Gasteiger partial charge on any atom is -0.381 e. The van der Waals surface area contributed by atoms with Crippen LogP contribution in [0.4, 0.5) is 5.69 Å². The first kappa shape index (κ1) is 13.7. The highest BCUT2D eigenvalue weighted by atomic mass is 14.9. The maximum absolute atomic E-state index is 3.54. The summed E-state index contributed by atoms with van der Waals surface area (Å²) in [6.45, 7) is 9.69. The number of anilines is 1. The van der Waals surface area contributed by atoms with Crippen LogP contribution in [-0.2, 0) is 6.54 Å². The van der Waals surface area contributed by atoms with E-state index < -0.39 is 0 Å². The highest BCUT2D eigenvalue weighted by Gasteiger charge is 2.03. The molecule has 0 saturated carbocycles. The van der Waals surface area contributed by atoms with Gasteiger partial charge < -0.3 is 5.32 Å². The Bertz CT molecular complexity index is 535. The highest BCUT2D eigenvalue weighted by molar-refractivity contribution is 5.48. The van der Waals surface area contributed by atoms with Gasteiger partial charge in [0.15, 0.2) is 0 Å². The van der Waals surface area contributed by atoms with Crippen LogP contribution < -0.4 is 5.32 Å². The number of hydrogen-bond acceptors (Lipinski definition) is 1. The smallest absolute Gasteiger partial charge is 0.0406 e. The predicted octanol–water partition coefficient (Wildman–Crippen LogP) is 5.04. The number of hydrogen-bond donors (Lipinski definition) is 1. The third-order valence-electron chi connectivity index (χ3n) is 3.67. The third-order valence-corrected chi connectivity index (χ3v) is 3.67. The number of rotatable bonds is 4. The van der Waals surface area contributed by atoms with Crippen molar-refractivity contribution in [2.75, 3.05) is 5.32 Å². The molecule has 0 spiro atoms. The molecule has 0 bridgehead atoms. The number of aryl methyl sites for hydroxylation is 2. The lowest BCUT2D eigenvalue weighted by Gasteiger charge is -2.13. The Hall–Kier alpha value is -1.76. The molecule has 0 aliphatic rings. The molecule has 0 heterocycles. The Morgan fingerprint density at radius 1 is 0.947 bits per heavy atom. The van der Waals surface area contributed by atoms with Gasteiger partial charge in [-0.3, -0.25) is 0 Å². The molecule has 19 heavy (non-hydrogen) atoms. The lowest BCUT2D eigenvalue weighted by molar-refractivity contribution is 0.866. The monoisotopic (exact) mass is 253 g/mol. The fourth-order valence-electron chi connectivity index (χ4n) is 2.33. The molecule has 0 aromatic heterocycles. The molecule has 0 unspecified atom stereocenters. The van der Waals surface area contributed by atoms with Gasteiger partial charge in [0.1, 0.15) is 0 Å². The van der Waals surface area contributed by atoms with E-state index in [9.17, 15) is 0 Å². The highest BCUT2D eigenvalue weighted by Crippen LogP contribution is 2.20. The van der Waals surface area contributed by atoms with E-state index in [0.29, 0.717) is 5.92 Å². The summed E-state index contributed by atoms with van der Waals surface area (Å²) in [7, 11) is 0. The molecule has 100 valence electrons. The van der Waals surface area contributed by atoms with Gasteiger partial charge in [-0.15, -0.1) is 0 Å². The molecule has 0 fully saturated rings. The first-order chi connectivity index (χ1) is 9.08. The second-order valence-electron chi connectivity index (χ2n) is 5.50. The van der Waals surface area contributed by atoms with Gasteiger partial charge in [0.05, 0.1) is 0 Å². The van der Waals surface area contributed by atoms with Gasteiger partial charge in [-0.2, -0.15) is 0 Å². The van der Waals surface area contributed by atoms with Gasteiger partial charge in [0.25, 0.3) is 0 Å². The maximum atomic E-state index is 3.54. The maximum Gasteiger partial charge on any atom is 0.0406 e. The molecule has 2 aromatic carbocycles. The van der Waals surface area contributed by atoms with E-state index in [4.69, 9.17) is 0 Å². The summed E-state index contributed by atoms with van der Waals surface area (Å²) in [6, 6.07) is 15.2. The predicted molar refractivity (Wildman–Crippen MR) is 83.8 cm³/mol. The van der Waals surface area contributed by atoms with E-state index in [2.05, 4.69) is 75.5 Å². The van der Waals surface area contributed by atoms with Crippen LogP contribution in [0, 0.1) is 13.8 Å². The standard InChI is InChI=1S/C18H23N/c1-13(2)16-9-6-10-17(11-16)19-12-18-14(3)7-5-8-15(18)4/h5-11,13,19H,12H2,1-4H3. The summed E-state index contributed by atoms with van der Waals surface area (Å²) >= 11 is 0. The summed E-state index contributed by atoms with van der Waals surface area (Å²) in [4.78, 5) is 0. The zero-order valence-corrected chi connectivity index (χ0v) is 12.3. The average molecular weight is 253 g/mol. The lowest BCUT2D eigenvalue weighted by atomic mass is 10.0. The van der Waals surface area contributed by atoms with Crippen molar-refractivity contribution in [3.8, 4) is 0 Å². The van der Waals surface area contributed by atoms with Crippen LogP contribution in [-0.4, -0.2) is 0 Å². The molecule has 0 aliphatic heterocycles. The minimum atomic E-state index is 0.571. The molecule has 0 radical (unpaired) electrons. The van der Waals surface area contributed by atoms with Crippen LogP contribution >= 0.6 is 0 Å². The van der Waals surface area contributed by atoms with Gasteiger partial charge >= 0.3 is 0 Å². The van der Waals surface area contributed by atoms with Crippen LogP contribution in [0.15, 0.2) is 42.5 Å². The summed E-state index contributed by atoms with van der Waals surface area (Å²) in [6.07, 6.45) is 0. The van der Waals surface area contributed by atoms with Gasteiger partial charge in [0.2, 0.25) is 0 Å². The first-order valence-corrected chi connectivity index (χ1v) is 6.97. The van der Waals surface area contributed by atoms with Crippen LogP contribution in [0.1, 0.15) is 42.0 Å². The fraction of sp³-hybridized carbons (Fsp3) is 0.333. The van der Waals surface area contributed by atoms with Crippen LogP contribution in [0.5, 0.6) is 0 Å². The molecule has 0 aliphatic carbocycles. The topological polar surface area (TPSA) is 12.0 Å². The molecular formula is C18H23N. The van der Waals surface area contributed by atoms with Crippen molar-refractivity contribution in [1.82, 2.24) is 0 Å². The Morgan fingerprint density at radius 3 is 2.21 bits per heavy atom. The Kier molecular flexibility index (Phi) is 4.26. The third kappa shape index (κ3) is 3.37. The summed E-state index contributed by atoms with van der Waals surface area (Å²) < 4.78 is 0. The normalized spacial score (nSPS) is 10.8. The minimum absolute atomic E-state index is 0.571. The number of nitrogens with one attached hydrogen (secondary N) is 1. The summed E-state index contributed by atoms with van der Waals surface area (Å²) in [5.41, 5.74) is 6.69. The van der Waals surface area contributed by atoms with Gasteiger partial charge in [-0.1, -0.05) is 44.2 Å². The van der Waals surface area contributed by atoms with Crippen molar-refractivity contribution in [2.24, 2.45) is 0 Å². The van der Waals surface area contributed by atoms with E-state index in [1.807, 2.05) is 0 Å². The second kappa shape index (κ2) is 5.92. The van der Waals surface area contributed by atoms with Crippen LogP contribution in [0.3, 0.4) is 0 Å². The quantitative estimate of drug-likeness (QED) is 0.805. The zero-order valence-electron chi connectivity index (χ0n) is 12.3. The van der Waals surface area contributed by atoms with Gasteiger partial charge in [0, 0.05) is 12.2 Å². The molecule has 1 nitrogen and oxygen atoms in total. The van der Waals surface area contributed by atoms with E-state index in [-0.39, 0.29) is 0 Å². The molecule has 2 aromatic rings. The van der Waals surface area contributed by atoms with Crippen molar-refractivity contribution in [2.45, 2.75) is 40.2 Å². The lowest BCUT2D eigenvalue weighted by Crippen LogP contribution is -2.03. The number of benzene rings is 2. The SMILES string of the molecule is Cc1cccc(C)c1CNc1cccc(C(C)C)c1. The largest absolute Gasteiger partial charge is 0.381 e. The van der Waals surface area contributed by atoms with E-state index >= 15 is 0 Å². The van der Waals surface area contributed by atoms with E-state index in [1.165, 1.54) is 27.9 Å².